The zero-order valence-electron chi connectivity index (χ0n) is 18.3. The first-order chi connectivity index (χ1) is 16.2. The van der Waals surface area contributed by atoms with Gasteiger partial charge in [-0.15, -0.1) is 0 Å². The summed E-state index contributed by atoms with van der Waals surface area (Å²) in [7, 11) is 0. The highest BCUT2D eigenvalue weighted by Crippen LogP contribution is 2.45. The average molecular weight is 442 g/mol. The van der Waals surface area contributed by atoms with Crippen molar-refractivity contribution in [2.45, 2.75) is 6.92 Å². The molecule has 33 heavy (non-hydrogen) atoms. The van der Waals surface area contributed by atoms with E-state index in [-0.39, 0.29) is 11.6 Å². The Morgan fingerprint density at radius 1 is 0.970 bits per heavy atom. The molecule has 0 bridgehead atoms. The second kappa shape index (κ2) is 7.62. The van der Waals surface area contributed by atoms with E-state index in [1.165, 1.54) is 6.07 Å². The lowest BCUT2D eigenvalue weighted by molar-refractivity contribution is 0.104. The van der Waals surface area contributed by atoms with Crippen molar-refractivity contribution in [2.75, 3.05) is 47.8 Å². The van der Waals surface area contributed by atoms with Crippen molar-refractivity contribution in [2.24, 2.45) is 0 Å². The molecule has 166 valence electrons. The van der Waals surface area contributed by atoms with Gasteiger partial charge >= 0.3 is 0 Å². The molecular formula is C26H23FN4O2. The number of aromatic nitrogens is 1. The third-order valence-corrected chi connectivity index (χ3v) is 6.56. The molecule has 1 aromatic heterocycles. The van der Waals surface area contributed by atoms with E-state index >= 15 is 0 Å². The van der Waals surface area contributed by atoms with Crippen LogP contribution < -0.4 is 15.1 Å². The minimum absolute atomic E-state index is 0.0156. The Kier molecular flexibility index (Phi) is 4.57. The lowest BCUT2D eigenvalue weighted by atomic mass is 9.86. The molecule has 1 fully saturated rings. The topological polar surface area (TPSA) is 61.6 Å². The maximum atomic E-state index is 14.3. The predicted octanol–water partition coefficient (Wildman–Crippen LogP) is 4.94. The molecule has 3 aromatic carbocycles. The Bertz CT molecular complexity index is 1390. The van der Waals surface area contributed by atoms with Crippen LogP contribution in [0.1, 0.15) is 22.8 Å². The maximum Gasteiger partial charge on any atom is 0.196 e. The average Bonchev–Trinajstić information content (AvgIpc) is 3.29. The highest BCUT2D eigenvalue weighted by Gasteiger charge is 2.34. The van der Waals surface area contributed by atoms with Crippen LogP contribution in [0, 0.1) is 5.82 Å². The minimum atomic E-state index is -0.201. The zero-order chi connectivity index (χ0) is 22.5. The zero-order valence-corrected chi connectivity index (χ0v) is 18.3. The van der Waals surface area contributed by atoms with Crippen molar-refractivity contribution in [1.29, 1.82) is 0 Å². The number of halogens is 1. The van der Waals surface area contributed by atoms with Gasteiger partial charge in [0.2, 0.25) is 0 Å². The molecule has 6 nitrogen and oxygen atoms in total. The SMILES string of the molecule is CCNc1cc(N2CCN(c3ccccc3F)CC2)c2noc3c2c1C(=O)c1ccccc1-3. The Labute approximate surface area is 190 Å². The van der Waals surface area contributed by atoms with E-state index in [9.17, 15) is 9.18 Å². The summed E-state index contributed by atoms with van der Waals surface area (Å²) in [4.78, 5) is 17.8. The van der Waals surface area contributed by atoms with Crippen LogP contribution in [0.25, 0.3) is 22.2 Å². The molecule has 2 heterocycles. The van der Waals surface area contributed by atoms with Crippen LogP contribution in [-0.2, 0) is 0 Å². The minimum Gasteiger partial charge on any atom is -0.385 e. The summed E-state index contributed by atoms with van der Waals surface area (Å²) in [6, 6.07) is 16.4. The fraction of sp³-hybridized carbons (Fsp3) is 0.231. The molecule has 1 aliphatic heterocycles. The van der Waals surface area contributed by atoms with Gasteiger partial charge in [0.1, 0.15) is 11.3 Å². The Balaban J connectivity index is 1.43. The number of nitrogens with zero attached hydrogens (tertiary/aromatic N) is 3. The molecule has 0 amide bonds. The first-order valence-corrected chi connectivity index (χ1v) is 11.3. The molecule has 7 heteroatoms. The van der Waals surface area contributed by atoms with Crippen LogP contribution in [0.2, 0.25) is 0 Å². The van der Waals surface area contributed by atoms with Crippen LogP contribution in [0.15, 0.2) is 59.1 Å². The molecular weight excluding hydrogens is 419 g/mol. The van der Waals surface area contributed by atoms with Gasteiger partial charge in [-0.1, -0.05) is 41.6 Å². The molecule has 0 radical (unpaired) electrons. The summed E-state index contributed by atoms with van der Waals surface area (Å²) in [6.07, 6.45) is 0. The van der Waals surface area contributed by atoms with Gasteiger partial charge < -0.3 is 19.6 Å². The van der Waals surface area contributed by atoms with E-state index < -0.39 is 0 Å². The first-order valence-electron chi connectivity index (χ1n) is 11.3. The highest BCUT2D eigenvalue weighted by atomic mass is 19.1. The van der Waals surface area contributed by atoms with Crippen molar-refractivity contribution < 1.29 is 13.7 Å². The van der Waals surface area contributed by atoms with Crippen molar-refractivity contribution in [3.63, 3.8) is 0 Å². The molecule has 1 saturated heterocycles. The summed E-state index contributed by atoms with van der Waals surface area (Å²) in [6.45, 7) is 5.50. The molecule has 0 unspecified atom stereocenters. The molecule has 0 atom stereocenters. The van der Waals surface area contributed by atoms with E-state index in [0.717, 1.165) is 22.3 Å². The molecule has 2 aliphatic rings. The molecule has 0 spiro atoms. The summed E-state index contributed by atoms with van der Waals surface area (Å²) in [5.41, 5.74) is 5.08. The van der Waals surface area contributed by atoms with Crippen molar-refractivity contribution in [3.8, 4) is 11.3 Å². The summed E-state index contributed by atoms with van der Waals surface area (Å²) in [5.74, 6) is 0.423. The number of rotatable bonds is 4. The van der Waals surface area contributed by atoms with Gasteiger partial charge in [0.25, 0.3) is 0 Å². The van der Waals surface area contributed by atoms with Crippen LogP contribution in [-0.4, -0.2) is 43.7 Å². The lowest BCUT2D eigenvalue weighted by Gasteiger charge is -2.37. The van der Waals surface area contributed by atoms with Gasteiger partial charge in [0.05, 0.1) is 22.3 Å². The maximum absolute atomic E-state index is 14.3. The van der Waals surface area contributed by atoms with Crippen molar-refractivity contribution in [1.82, 2.24) is 5.16 Å². The van der Waals surface area contributed by atoms with E-state index in [0.29, 0.717) is 60.8 Å². The molecule has 6 rings (SSSR count). The number of para-hydroxylation sites is 1. The van der Waals surface area contributed by atoms with Gasteiger partial charge in [-0.2, -0.15) is 0 Å². The van der Waals surface area contributed by atoms with Crippen LogP contribution in [0.3, 0.4) is 0 Å². The van der Waals surface area contributed by atoms with Crippen molar-refractivity contribution >= 4 is 33.7 Å². The van der Waals surface area contributed by atoms with E-state index in [1.807, 2.05) is 49.4 Å². The standard InChI is InChI=1S/C26H23FN4O2/c1-2-28-19-15-21(31-13-11-30(12-14-31)20-10-6-5-9-18(20)27)24-23-22(19)25(32)16-7-3-4-8-17(16)26(23)33-29-24/h3-10,15,28H,2,11-14H2,1H3. The van der Waals surface area contributed by atoms with Gasteiger partial charge in [-0.25, -0.2) is 4.39 Å². The van der Waals surface area contributed by atoms with Gasteiger partial charge in [0, 0.05) is 49.5 Å². The fourth-order valence-corrected chi connectivity index (χ4v) is 5.01. The lowest BCUT2D eigenvalue weighted by Crippen LogP contribution is -2.47. The van der Waals surface area contributed by atoms with Gasteiger partial charge in [0.15, 0.2) is 11.5 Å². The number of hydrogen-bond acceptors (Lipinski definition) is 6. The van der Waals surface area contributed by atoms with Crippen molar-refractivity contribution in [3.05, 3.63) is 71.5 Å². The van der Waals surface area contributed by atoms with Gasteiger partial charge in [-0.05, 0) is 25.1 Å². The monoisotopic (exact) mass is 442 g/mol. The third kappa shape index (κ3) is 2.99. The largest absolute Gasteiger partial charge is 0.385 e. The fourth-order valence-electron chi connectivity index (χ4n) is 5.01. The highest BCUT2D eigenvalue weighted by molar-refractivity contribution is 6.28. The Morgan fingerprint density at radius 2 is 1.64 bits per heavy atom. The third-order valence-electron chi connectivity index (χ3n) is 6.56. The quantitative estimate of drug-likeness (QED) is 0.426. The second-order valence-corrected chi connectivity index (χ2v) is 8.38. The molecule has 0 saturated carbocycles. The van der Waals surface area contributed by atoms with E-state index in [1.54, 1.807) is 6.07 Å². The predicted molar refractivity (Wildman–Crippen MR) is 128 cm³/mol. The number of nitrogens with one attached hydrogen (secondary N) is 1. The number of hydrogen-bond donors (Lipinski definition) is 1. The second-order valence-electron chi connectivity index (χ2n) is 8.38. The first kappa shape index (κ1) is 19.8. The summed E-state index contributed by atoms with van der Waals surface area (Å²) in [5, 5.41) is 8.56. The summed E-state index contributed by atoms with van der Waals surface area (Å²) >= 11 is 0. The Hall–Kier alpha value is -3.87. The number of carbonyl (C=O) groups is 1. The summed E-state index contributed by atoms with van der Waals surface area (Å²) < 4.78 is 20.1. The number of fused-ring (bicyclic) bond motifs is 2. The number of piperazine rings is 1. The number of ketones is 1. The normalized spacial score (nSPS) is 15.2. The number of carbonyl (C=O) groups excluding carboxylic acids is 1. The van der Waals surface area contributed by atoms with Gasteiger partial charge in [-0.3, -0.25) is 4.79 Å². The smallest absolute Gasteiger partial charge is 0.196 e. The van der Waals surface area contributed by atoms with Crippen LogP contribution >= 0.6 is 0 Å². The van der Waals surface area contributed by atoms with Crippen LogP contribution in [0.4, 0.5) is 21.5 Å². The number of anilines is 3. The molecule has 1 N–H and O–H groups in total. The Morgan fingerprint density at radius 3 is 2.36 bits per heavy atom. The van der Waals surface area contributed by atoms with Crippen LogP contribution in [0.5, 0.6) is 0 Å². The molecule has 4 aromatic rings. The number of benzene rings is 3. The van der Waals surface area contributed by atoms with E-state index in [4.69, 9.17) is 4.52 Å². The molecule has 1 aliphatic carbocycles. The van der Waals surface area contributed by atoms with E-state index in [2.05, 4.69) is 20.3 Å².